The van der Waals surface area contributed by atoms with Gasteiger partial charge in [0.1, 0.15) is 5.82 Å². The van der Waals surface area contributed by atoms with Crippen molar-refractivity contribution in [2.24, 2.45) is 5.90 Å². The lowest BCUT2D eigenvalue weighted by atomic mass is 10.0. The zero-order valence-corrected chi connectivity index (χ0v) is 15.0. The van der Waals surface area contributed by atoms with E-state index in [1.54, 1.807) is 0 Å². The molecule has 3 aromatic rings. The van der Waals surface area contributed by atoms with Crippen LogP contribution in [0.4, 0.5) is 19.0 Å². The molecule has 3 N–H and O–H groups in total. The van der Waals surface area contributed by atoms with Crippen molar-refractivity contribution in [2.45, 2.75) is 13.1 Å². The van der Waals surface area contributed by atoms with Gasteiger partial charge >= 0.3 is 6.18 Å². The van der Waals surface area contributed by atoms with Gasteiger partial charge in [0.2, 0.25) is 0 Å². The molecule has 4 nitrogen and oxygen atoms in total. The number of rotatable bonds is 5. The average molecular weight is 385 g/mol. The van der Waals surface area contributed by atoms with Gasteiger partial charge in [0.05, 0.1) is 11.3 Å². The maximum atomic E-state index is 13.4. The molecule has 3 rings (SSSR count). The Morgan fingerprint density at radius 2 is 1.75 bits per heavy atom. The van der Waals surface area contributed by atoms with Crippen LogP contribution in [-0.2, 0) is 6.18 Å². The fraction of sp³-hybridized carbons (Fsp3) is 0.0952. The van der Waals surface area contributed by atoms with Gasteiger partial charge in [-0.05, 0) is 18.6 Å². The topological polar surface area (TPSA) is 60.2 Å². The summed E-state index contributed by atoms with van der Waals surface area (Å²) < 4.78 is 40.1. The lowest BCUT2D eigenvalue weighted by molar-refractivity contribution is -0.137. The number of aromatic nitrogens is 1. The van der Waals surface area contributed by atoms with Crippen molar-refractivity contribution in [3.63, 3.8) is 0 Å². The summed E-state index contributed by atoms with van der Waals surface area (Å²) in [5, 5.41) is 3.02. The Balaban J connectivity index is 2.03. The second-order valence-corrected chi connectivity index (χ2v) is 6.15. The number of hydrogen-bond acceptors (Lipinski definition) is 4. The molecule has 0 atom stereocenters. The van der Waals surface area contributed by atoms with Crippen molar-refractivity contribution >= 4 is 11.5 Å². The van der Waals surface area contributed by atoms with Gasteiger partial charge in [-0.3, -0.25) is 0 Å². The Hall–Kier alpha value is -3.32. The first-order chi connectivity index (χ1) is 13.3. The van der Waals surface area contributed by atoms with Gasteiger partial charge in [-0.15, -0.1) is 0 Å². The summed E-state index contributed by atoms with van der Waals surface area (Å²) in [4.78, 5) is 9.08. The van der Waals surface area contributed by atoms with Crippen molar-refractivity contribution in [1.82, 2.24) is 4.98 Å². The predicted octanol–water partition coefficient (Wildman–Crippen LogP) is 5.41. The minimum atomic E-state index is -4.52. The van der Waals surface area contributed by atoms with Gasteiger partial charge in [-0.1, -0.05) is 49.0 Å². The number of aryl methyl sites for hydroxylation is 1. The molecule has 0 aliphatic rings. The minimum absolute atomic E-state index is 0.0709. The van der Waals surface area contributed by atoms with Gasteiger partial charge in [0.15, 0.2) is 5.75 Å². The van der Waals surface area contributed by atoms with Crippen LogP contribution in [0.5, 0.6) is 5.75 Å². The molecule has 1 heterocycles. The van der Waals surface area contributed by atoms with Gasteiger partial charge < -0.3 is 10.2 Å². The summed E-state index contributed by atoms with van der Waals surface area (Å²) in [6, 6.07) is 15.6. The number of alkyl halides is 3. The maximum absolute atomic E-state index is 13.4. The molecular weight excluding hydrogens is 367 g/mol. The molecule has 0 spiro atoms. The molecule has 0 radical (unpaired) electrons. The maximum Gasteiger partial charge on any atom is 0.417 e. The lowest BCUT2D eigenvalue weighted by Crippen LogP contribution is -2.09. The van der Waals surface area contributed by atoms with E-state index in [9.17, 15) is 13.2 Å². The Morgan fingerprint density at radius 1 is 1.07 bits per heavy atom. The third kappa shape index (κ3) is 4.15. The first-order valence-electron chi connectivity index (χ1n) is 8.37. The molecule has 0 fully saturated rings. The summed E-state index contributed by atoms with van der Waals surface area (Å²) in [6.45, 7) is 5.92. The molecule has 0 amide bonds. The van der Waals surface area contributed by atoms with Crippen LogP contribution in [0.2, 0.25) is 0 Å². The Kier molecular flexibility index (Phi) is 5.37. The van der Waals surface area contributed by atoms with Gasteiger partial charge in [-0.2, -0.15) is 19.1 Å². The second-order valence-electron chi connectivity index (χ2n) is 6.15. The monoisotopic (exact) mass is 385 g/mol. The molecule has 0 aliphatic heterocycles. The Morgan fingerprint density at radius 3 is 2.43 bits per heavy atom. The van der Waals surface area contributed by atoms with Crippen molar-refractivity contribution in [1.29, 1.82) is 0 Å². The van der Waals surface area contributed by atoms with Crippen LogP contribution in [-0.4, -0.2) is 4.98 Å². The fourth-order valence-electron chi connectivity index (χ4n) is 2.86. The molecule has 0 bridgehead atoms. The number of nitrogens with zero attached hydrogens (tertiary/aromatic N) is 1. The zero-order valence-electron chi connectivity index (χ0n) is 15.0. The first-order valence-corrected chi connectivity index (χ1v) is 8.37. The molecule has 7 heteroatoms. The summed E-state index contributed by atoms with van der Waals surface area (Å²) in [5.74, 6) is 5.69. The molecule has 0 aliphatic carbocycles. The average Bonchev–Trinajstić information content (AvgIpc) is 2.67. The van der Waals surface area contributed by atoms with E-state index in [0.717, 1.165) is 17.2 Å². The molecule has 28 heavy (non-hydrogen) atoms. The van der Waals surface area contributed by atoms with E-state index in [4.69, 9.17) is 10.7 Å². The van der Waals surface area contributed by atoms with E-state index < -0.39 is 11.7 Å². The minimum Gasteiger partial charge on any atom is -0.411 e. The molecular formula is C21H18F3N3O. The largest absolute Gasteiger partial charge is 0.417 e. The van der Waals surface area contributed by atoms with Crippen LogP contribution in [0.1, 0.15) is 16.7 Å². The highest BCUT2D eigenvalue weighted by atomic mass is 19.4. The molecule has 144 valence electrons. The number of benzene rings is 2. The molecule has 0 saturated heterocycles. The van der Waals surface area contributed by atoms with Gasteiger partial charge in [-0.25, -0.2) is 4.98 Å². The molecule has 0 unspecified atom stereocenters. The number of anilines is 1. The number of hydrogen-bond donors (Lipinski definition) is 2. The van der Waals surface area contributed by atoms with Crippen LogP contribution >= 0.6 is 0 Å². The summed E-state index contributed by atoms with van der Waals surface area (Å²) in [7, 11) is 0. The SMILES string of the molecule is C=C(Nc1cc(ON)cc(-c2ccccc2C(F)(F)F)n1)c1ccccc1C. The molecule has 1 aromatic heterocycles. The van der Waals surface area contributed by atoms with E-state index in [0.29, 0.717) is 5.70 Å². The summed E-state index contributed by atoms with van der Waals surface area (Å²) in [5.41, 5.74) is 1.62. The highest BCUT2D eigenvalue weighted by Crippen LogP contribution is 2.37. The standard InChI is InChI=1S/C21H18F3N3O/c1-13-7-3-4-8-16(13)14(2)26-20-12-15(28-25)11-19(27-20)17-9-5-6-10-18(17)21(22,23)24/h3-12H,2,25H2,1H3,(H,26,27). The number of nitrogens with two attached hydrogens (primary N) is 1. The second kappa shape index (κ2) is 7.74. The molecule has 0 saturated carbocycles. The van der Waals surface area contributed by atoms with E-state index in [-0.39, 0.29) is 22.8 Å². The third-order valence-electron chi connectivity index (χ3n) is 4.19. The first kappa shape index (κ1) is 19.4. The van der Waals surface area contributed by atoms with Crippen molar-refractivity contribution < 1.29 is 18.0 Å². The fourth-order valence-corrected chi connectivity index (χ4v) is 2.86. The van der Waals surface area contributed by atoms with Crippen LogP contribution in [0.15, 0.2) is 67.2 Å². The van der Waals surface area contributed by atoms with E-state index in [1.165, 1.54) is 30.3 Å². The summed E-state index contributed by atoms with van der Waals surface area (Å²) >= 11 is 0. The van der Waals surface area contributed by atoms with Crippen LogP contribution in [0, 0.1) is 6.92 Å². The van der Waals surface area contributed by atoms with Crippen LogP contribution < -0.4 is 16.1 Å². The number of nitrogens with one attached hydrogen (secondary N) is 1. The lowest BCUT2D eigenvalue weighted by Gasteiger charge is -2.16. The smallest absolute Gasteiger partial charge is 0.411 e. The van der Waals surface area contributed by atoms with Gasteiger partial charge in [0.25, 0.3) is 0 Å². The predicted molar refractivity (Wildman–Crippen MR) is 103 cm³/mol. The zero-order chi connectivity index (χ0) is 20.3. The highest BCUT2D eigenvalue weighted by Gasteiger charge is 2.33. The van der Waals surface area contributed by atoms with Crippen LogP contribution in [0.25, 0.3) is 17.0 Å². The Labute approximate surface area is 160 Å². The van der Waals surface area contributed by atoms with E-state index in [2.05, 4.69) is 16.9 Å². The van der Waals surface area contributed by atoms with Crippen molar-refractivity contribution in [3.05, 3.63) is 83.9 Å². The summed E-state index contributed by atoms with van der Waals surface area (Å²) in [6.07, 6.45) is -4.52. The third-order valence-corrected chi connectivity index (χ3v) is 4.19. The normalized spacial score (nSPS) is 11.2. The quantitative estimate of drug-likeness (QED) is 0.577. The van der Waals surface area contributed by atoms with Crippen LogP contribution in [0.3, 0.4) is 0 Å². The van der Waals surface area contributed by atoms with E-state index >= 15 is 0 Å². The number of pyridine rings is 1. The van der Waals surface area contributed by atoms with Crippen molar-refractivity contribution in [2.75, 3.05) is 5.32 Å². The number of halogens is 3. The Bertz CT molecular complexity index is 1020. The molecule has 2 aromatic carbocycles. The van der Waals surface area contributed by atoms with Gasteiger partial charge in [0, 0.05) is 29.0 Å². The van der Waals surface area contributed by atoms with E-state index in [1.807, 2.05) is 31.2 Å². The highest BCUT2D eigenvalue weighted by molar-refractivity contribution is 5.77. The van der Waals surface area contributed by atoms with Crippen molar-refractivity contribution in [3.8, 4) is 17.0 Å².